The van der Waals surface area contributed by atoms with Crippen LogP contribution in [0.4, 0.5) is 5.69 Å². The van der Waals surface area contributed by atoms with Crippen LogP contribution in [0.5, 0.6) is 0 Å². The summed E-state index contributed by atoms with van der Waals surface area (Å²) < 4.78 is 6.84. The van der Waals surface area contributed by atoms with Gasteiger partial charge in [-0.1, -0.05) is 41.4 Å². The highest BCUT2D eigenvalue weighted by molar-refractivity contribution is 6.32. The van der Waals surface area contributed by atoms with Crippen LogP contribution in [-0.2, 0) is 16.1 Å². The molecule has 9 heteroatoms. The lowest BCUT2D eigenvalue weighted by Gasteiger charge is -2.08. The Kier molecular flexibility index (Phi) is 6.51. The summed E-state index contributed by atoms with van der Waals surface area (Å²) in [4.78, 5) is 28.4. The number of benzene rings is 1. The van der Waals surface area contributed by atoms with E-state index < -0.39 is 18.5 Å². The molecular weight excluding hydrogens is 415 g/mol. The minimum Gasteiger partial charge on any atom is -0.452 e. The number of aromatic nitrogens is 3. The van der Waals surface area contributed by atoms with Crippen molar-refractivity contribution in [2.75, 3.05) is 11.9 Å². The Bertz CT molecular complexity index is 1070. The number of nitrogens with zero attached hydrogens (tertiary/aromatic N) is 3. The predicted octanol–water partition coefficient (Wildman–Crippen LogP) is 4.05. The maximum Gasteiger partial charge on any atom is 0.342 e. The van der Waals surface area contributed by atoms with Gasteiger partial charge in [0.05, 0.1) is 23.6 Å². The predicted molar refractivity (Wildman–Crippen MR) is 110 cm³/mol. The number of ether oxygens (including phenoxy) is 1. The van der Waals surface area contributed by atoms with Gasteiger partial charge in [0.1, 0.15) is 5.56 Å². The van der Waals surface area contributed by atoms with Gasteiger partial charge in [-0.2, -0.15) is 5.10 Å². The maximum absolute atomic E-state index is 12.5. The highest BCUT2D eigenvalue weighted by Gasteiger charge is 2.21. The quantitative estimate of drug-likeness (QED) is 0.468. The van der Waals surface area contributed by atoms with E-state index in [2.05, 4.69) is 15.4 Å². The van der Waals surface area contributed by atoms with Crippen LogP contribution in [0, 0.1) is 13.8 Å². The molecule has 3 rings (SSSR count). The summed E-state index contributed by atoms with van der Waals surface area (Å²) in [5.41, 5.74) is 2.69. The Morgan fingerprint density at radius 2 is 1.90 bits per heavy atom. The number of esters is 1. The molecule has 0 bridgehead atoms. The number of hydrogen-bond donors (Lipinski definition) is 1. The Morgan fingerprint density at radius 1 is 1.14 bits per heavy atom. The van der Waals surface area contributed by atoms with Gasteiger partial charge < -0.3 is 10.1 Å². The van der Waals surface area contributed by atoms with Crippen molar-refractivity contribution >= 4 is 40.8 Å². The first-order valence-corrected chi connectivity index (χ1v) is 9.47. The fourth-order valence-electron chi connectivity index (χ4n) is 2.80. The van der Waals surface area contributed by atoms with Crippen LogP contribution in [0.3, 0.4) is 0 Å². The SMILES string of the molecule is Cc1nn(Cc2ccccc2Cl)c(C)c1C(=O)OCC(=O)Nc1cccnc1Cl. The zero-order valence-electron chi connectivity index (χ0n) is 15.8. The number of aryl methyl sites for hydroxylation is 1. The second kappa shape index (κ2) is 9.07. The van der Waals surface area contributed by atoms with E-state index in [1.165, 1.54) is 6.20 Å². The number of anilines is 1. The number of carbonyl (C=O) groups excluding carboxylic acids is 2. The Labute approximate surface area is 177 Å². The van der Waals surface area contributed by atoms with Gasteiger partial charge in [-0.15, -0.1) is 0 Å². The Hall–Kier alpha value is -2.90. The number of carbonyl (C=O) groups is 2. The zero-order valence-corrected chi connectivity index (χ0v) is 17.3. The summed E-state index contributed by atoms with van der Waals surface area (Å²) in [5, 5.41) is 7.72. The number of hydrogen-bond acceptors (Lipinski definition) is 5. The van der Waals surface area contributed by atoms with Gasteiger partial charge in [-0.05, 0) is 37.6 Å². The summed E-state index contributed by atoms with van der Waals surface area (Å²) in [6.07, 6.45) is 1.50. The van der Waals surface area contributed by atoms with Crippen LogP contribution < -0.4 is 5.32 Å². The van der Waals surface area contributed by atoms with Crippen molar-refractivity contribution < 1.29 is 14.3 Å². The average Bonchev–Trinajstić information content (AvgIpc) is 2.97. The molecule has 1 amide bonds. The molecule has 29 heavy (non-hydrogen) atoms. The largest absolute Gasteiger partial charge is 0.452 e. The van der Waals surface area contributed by atoms with E-state index in [1.54, 1.807) is 36.7 Å². The first-order chi connectivity index (χ1) is 13.9. The number of nitrogens with one attached hydrogen (secondary N) is 1. The standard InChI is InChI=1S/C20H18Cl2N4O3/c1-12-18(13(2)26(25-12)10-14-6-3-4-7-15(14)21)20(28)29-11-17(27)24-16-8-5-9-23-19(16)22/h3-9H,10-11H2,1-2H3,(H,24,27). The number of halogens is 2. The molecular formula is C20H18Cl2N4O3. The molecule has 0 spiro atoms. The third-order valence-corrected chi connectivity index (χ3v) is 4.90. The number of pyridine rings is 1. The van der Waals surface area contributed by atoms with Crippen molar-refractivity contribution in [3.8, 4) is 0 Å². The molecule has 0 saturated heterocycles. The molecule has 0 unspecified atom stereocenters. The van der Waals surface area contributed by atoms with E-state index in [0.717, 1.165) is 5.56 Å². The molecule has 7 nitrogen and oxygen atoms in total. The summed E-state index contributed by atoms with van der Waals surface area (Å²) in [5.74, 6) is -1.15. The molecule has 0 fully saturated rings. The van der Waals surface area contributed by atoms with E-state index in [0.29, 0.717) is 34.2 Å². The highest BCUT2D eigenvalue weighted by Crippen LogP contribution is 2.20. The van der Waals surface area contributed by atoms with Gasteiger partial charge in [0, 0.05) is 11.2 Å². The molecule has 0 aliphatic heterocycles. The molecule has 150 valence electrons. The topological polar surface area (TPSA) is 86.1 Å². The van der Waals surface area contributed by atoms with Crippen molar-refractivity contribution in [2.45, 2.75) is 20.4 Å². The fourth-order valence-corrected chi connectivity index (χ4v) is 3.17. The molecule has 1 N–H and O–H groups in total. The second-order valence-electron chi connectivity index (χ2n) is 6.26. The normalized spacial score (nSPS) is 10.6. The lowest BCUT2D eigenvalue weighted by Crippen LogP contribution is -2.21. The van der Waals surface area contributed by atoms with E-state index in [-0.39, 0.29) is 5.15 Å². The molecule has 0 radical (unpaired) electrons. The van der Waals surface area contributed by atoms with Crippen LogP contribution in [0.1, 0.15) is 27.3 Å². The fraction of sp³-hybridized carbons (Fsp3) is 0.200. The molecule has 2 heterocycles. The number of amides is 1. The third kappa shape index (κ3) is 4.93. The van der Waals surface area contributed by atoms with Crippen LogP contribution in [0.15, 0.2) is 42.6 Å². The summed E-state index contributed by atoms with van der Waals surface area (Å²) in [6, 6.07) is 10.7. The van der Waals surface area contributed by atoms with E-state index in [4.69, 9.17) is 27.9 Å². The van der Waals surface area contributed by atoms with E-state index in [9.17, 15) is 9.59 Å². The Balaban J connectivity index is 1.66. The first kappa shape index (κ1) is 20.8. The molecule has 0 aliphatic rings. The van der Waals surface area contributed by atoms with Crippen molar-refractivity contribution in [2.24, 2.45) is 0 Å². The molecule has 1 aromatic carbocycles. The van der Waals surface area contributed by atoms with Gasteiger partial charge in [-0.25, -0.2) is 9.78 Å². The van der Waals surface area contributed by atoms with E-state index in [1.807, 2.05) is 18.2 Å². The third-order valence-electron chi connectivity index (χ3n) is 4.23. The van der Waals surface area contributed by atoms with E-state index >= 15 is 0 Å². The summed E-state index contributed by atoms with van der Waals surface area (Å²) in [6.45, 7) is 3.43. The average molecular weight is 433 g/mol. The highest BCUT2D eigenvalue weighted by atomic mass is 35.5. The van der Waals surface area contributed by atoms with Crippen LogP contribution >= 0.6 is 23.2 Å². The van der Waals surface area contributed by atoms with Crippen LogP contribution in [0.25, 0.3) is 0 Å². The molecule has 0 aliphatic carbocycles. The van der Waals surface area contributed by atoms with Crippen molar-refractivity contribution in [3.63, 3.8) is 0 Å². The molecule has 2 aromatic heterocycles. The number of rotatable bonds is 6. The zero-order chi connectivity index (χ0) is 21.0. The van der Waals surface area contributed by atoms with Crippen LogP contribution in [0.2, 0.25) is 10.2 Å². The van der Waals surface area contributed by atoms with Crippen LogP contribution in [-0.4, -0.2) is 33.2 Å². The Morgan fingerprint density at radius 3 is 2.62 bits per heavy atom. The van der Waals surface area contributed by atoms with Gasteiger partial charge in [-0.3, -0.25) is 9.48 Å². The second-order valence-corrected chi connectivity index (χ2v) is 7.03. The summed E-state index contributed by atoms with van der Waals surface area (Å²) >= 11 is 12.1. The summed E-state index contributed by atoms with van der Waals surface area (Å²) in [7, 11) is 0. The maximum atomic E-state index is 12.5. The van der Waals surface area contributed by atoms with Gasteiger partial charge in [0.25, 0.3) is 5.91 Å². The smallest absolute Gasteiger partial charge is 0.342 e. The van der Waals surface area contributed by atoms with Gasteiger partial charge in [0.15, 0.2) is 11.8 Å². The minimum absolute atomic E-state index is 0.153. The lowest BCUT2D eigenvalue weighted by atomic mass is 10.2. The first-order valence-electron chi connectivity index (χ1n) is 8.71. The monoisotopic (exact) mass is 432 g/mol. The minimum atomic E-state index is -0.627. The molecule has 0 atom stereocenters. The van der Waals surface area contributed by atoms with Crippen molar-refractivity contribution in [1.29, 1.82) is 0 Å². The van der Waals surface area contributed by atoms with Crippen molar-refractivity contribution in [1.82, 2.24) is 14.8 Å². The van der Waals surface area contributed by atoms with Gasteiger partial charge in [0.2, 0.25) is 0 Å². The lowest BCUT2D eigenvalue weighted by molar-refractivity contribution is -0.119. The molecule has 0 saturated carbocycles. The van der Waals surface area contributed by atoms with Gasteiger partial charge >= 0.3 is 5.97 Å². The molecule has 3 aromatic rings. The van der Waals surface area contributed by atoms with Crippen molar-refractivity contribution in [3.05, 3.63) is 75.3 Å².